The first-order valence-corrected chi connectivity index (χ1v) is 9.23. The molecular formula is C19H16F3NO3S. The van der Waals surface area contributed by atoms with Crippen molar-refractivity contribution in [2.45, 2.75) is 11.1 Å². The summed E-state index contributed by atoms with van der Waals surface area (Å²) in [5, 5.41) is 2.72. The predicted molar refractivity (Wildman–Crippen MR) is 98.3 cm³/mol. The van der Waals surface area contributed by atoms with Crippen LogP contribution in [-0.4, -0.2) is 25.4 Å². The molecule has 1 heterocycles. The summed E-state index contributed by atoms with van der Waals surface area (Å²) in [4.78, 5) is 13.0. The lowest BCUT2D eigenvalue weighted by Gasteiger charge is -2.20. The summed E-state index contributed by atoms with van der Waals surface area (Å²) >= 11 is 1.43. The monoisotopic (exact) mass is 395 g/mol. The van der Waals surface area contributed by atoms with E-state index in [0.717, 1.165) is 17.0 Å². The van der Waals surface area contributed by atoms with Crippen molar-refractivity contribution in [2.75, 3.05) is 24.8 Å². The van der Waals surface area contributed by atoms with Crippen molar-refractivity contribution in [1.82, 2.24) is 0 Å². The molecule has 1 N–H and O–H groups in total. The van der Waals surface area contributed by atoms with E-state index >= 15 is 0 Å². The Hall–Kier alpha value is -2.61. The predicted octanol–water partition coefficient (Wildman–Crippen LogP) is 4.85. The van der Waals surface area contributed by atoms with Gasteiger partial charge in [-0.25, -0.2) is 0 Å². The van der Waals surface area contributed by atoms with E-state index in [1.54, 1.807) is 12.1 Å². The molecule has 0 unspecified atom stereocenters. The highest BCUT2D eigenvalue weighted by atomic mass is 32.2. The summed E-state index contributed by atoms with van der Waals surface area (Å²) in [6.45, 7) is 0.890. The molecule has 0 aliphatic carbocycles. The summed E-state index contributed by atoms with van der Waals surface area (Å²) in [7, 11) is 0. The van der Waals surface area contributed by atoms with E-state index in [1.807, 2.05) is 6.26 Å². The summed E-state index contributed by atoms with van der Waals surface area (Å²) in [5.74, 6) is 0.693. The van der Waals surface area contributed by atoms with E-state index in [0.29, 0.717) is 30.4 Å². The molecule has 27 heavy (non-hydrogen) atoms. The standard InChI is InChI=1S/C19H16F3NO3S/c1-27-17-11-16-15(25-7-8-26-16)10-14(17)23-18(24)6-5-12-3-2-4-13(9-12)19(20,21)22/h2-6,9-11H,7-8H2,1H3,(H,23,24)/b6-5+. The fourth-order valence-corrected chi connectivity index (χ4v) is 3.06. The number of nitrogens with one attached hydrogen (secondary N) is 1. The fraction of sp³-hybridized carbons (Fsp3) is 0.211. The van der Waals surface area contributed by atoms with Crippen LogP contribution in [0.4, 0.5) is 18.9 Å². The van der Waals surface area contributed by atoms with E-state index in [2.05, 4.69) is 5.32 Å². The van der Waals surface area contributed by atoms with Gasteiger partial charge >= 0.3 is 6.18 Å². The molecule has 0 saturated heterocycles. The van der Waals surface area contributed by atoms with Gasteiger partial charge in [0.25, 0.3) is 0 Å². The quantitative estimate of drug-likeness (QED) is 0.594. The number of benzene rings is 2. The van der Waals surface area contributed by atoms with Crippen LogP contribution in [0.15, 0.2) is 47.4 Å². The normalized spacial score (nSPS) is 13.6. The minimum absolute atomic E-state index is 0.284. The number of rotatable bonds is 4. The molecule has 3 rings (SSSR count). The van der Waals surface area contributed by atoms with Crippen molar-refractivity contribution >= 4 is 29.4 Å². The first kappa shape index (κ1) is 19.2. The van der Waals surface area contributed by atoms with Crippen LogP contribution in [0, 0.1) is 0 Å². The van der Waals surface area contributed by atoms with Crippen LogP contribution < -0.4 is 14.8 Å². The highest BCUT2D eigenvalue weighted by Gasteiger charge is 2.30. The van der Waals surface area contributed by atoms with Gasteiger partial charge in [0.05, 0.1) is 11.3 Å². The topological polar surface area (TPSA) is 47.6 Å². The second-order valence-corrected chi connectivity index (χ2v) is 6.49. The lowest BCUT2D eigenvalue weighted by molar-refractivity contribution is -0.137. The van der Waals surface area contributed by atoms with Crippen molar-refractivity contribution in [3.05, 3.63) is 53.6 Å². The van der Waals surface area contributed by atoms with Crippen molar-refractivity contribution in [2.24, 2.45) is 0 Å². The first-order valence-electron chi connectivity index (χ1n) is 8.01. The summed E-state index contributed by atoms with van der Waals surface area (Å²) < 4.78 is 49.3. The molecule has 4 nitrogen and oxygen atoms in total. The van der Waals surface area contributed by atoms with Crippen molar-refractivity contribution in [1.29, 1.82) is 0 Å². The minimum atomic E-state index is -4.43. The Kier molecular flexibility index (Phi) is 5.65. The second kappa shape index (κ2) is 7.96. The number of halogens is 3. The molecule has 0 radical (unpaired) electrons. The Morgan fingerprint density at radius 1 is 1.15 bits per heavy atom. The van der Waals surface area contributed by atoms with Crippen LogP contribution in [0.25, 0.3) is 6.08 Å². The Morgan fingerprint density at radius 3 is 2.52 bits per heavy atom. The maximum absolute atomic E-state index is 12.7. The number of hydrogen-bond donors (Lipinski definition) is 1. The van der Waals surface area contributed by atoms with Crippen molar-refractivity contribution in [3.8, 4) is 11.5 Å². The largest absolute Gasteiger partial charge is 0.486 e. The van der Waals surface area contributed by atoms with E-state index < -0.39 is 17.6 Å². The molecule has 0 aromatic heterocycles. The molecule has 1 aliphatic heterocycles. The summed E-state index contributed by atoms with van der Waals surface area (Å²) in [6.07, 6.45) is -0.0398. The van der Waals surface area contributed by atoms with Gasteiger partial charge in [0.2, 0.25) is 5.91 Å². The smallest absolute Gasteiger partial charge is 0.416 e. The molecule has 142 valence electrons. The maximum Gasteiger partial charge on any atom is 0.416 e. The number of fused-ring (bicyclic) bond motifs is 1. The molecule has 1 aliphatic rings. The molecule has 0 saturated carbocycles. The zero-order chi connectivity index (χ0) is 19.4. The lowest BCUT2D eigenvalue weighted by Crippen LogP contribution is -2.16. The SMILES string of the molecule is CSc1cc2c(cc1NC(=O)/C=C/c1cccc(C(F)(F)F)c1)OCCO2. The van der Waals surface area contributed by atoms with Crippen LogP contribution >= 0.6 is 11.8 Å². The highest BCUT2D eigenvalue weighted by molar-refractivity contribution is 7.98. The highest BCUT2D eigenvalue weighted by Crippen LogP contribution is 2.39. The Bertz CT molecular complexity index is 881. The molecule has 0 atom stereocenters. The summed E-state index contributed by atoms with van der Waals surface area (Å²) in [6, 6.07) is 8.23. The molecule has 8 heteroatoms. The average molecular weight is 395 g/mol. The number of ether oxygens (including phenoxy) is 2. The van der Waals surface area contributed by atoms with Crippen LogP contribution in [0.3, 0.4) is 0 Å². The Balaban J connectivity index is 1.75. The minimum Gasteiger partial charge on any atom is -0.486 e. The third-order valence-corrected chi connectivity index (χ3v) is 4.54. The number of carbonyl (C=O) groups is 1. The Labute approximate surface area is 158 Å². The average Bonchev–Trinajstić information content (AvgIpc) is 2.65. The number of hydrogen-bond acceptors (Lipinski definition) is 4. The van der Waals surface area contributed by atoms with E-state index in [9.17, 15) is 18.0 Å². The van der Waals surface area contributed by atoms with E-state index in [4.69, 9.17) is 9.47 Å². The number of thioether (sulfide) groups is 1. The van der Waals surface area contributed by atoms with Crippen LogP contribution in [0.1, 0.15) is 11.1 Å². The second-order valence-electron chi connectivity index (χ2n) is 5.64. The maximum atomic E-state index is 12.7. The van der Waals surface area contributed by atoms with Crippen LogP contribution in [-0.2, 0) is 11.0 Å². The molecule has 1 amide bonds. The number of amides is 1. The number of anilines is 1. The zero-order valence-electron chi connectivity index (χ0n) is 14.3. The van der Waals surface area contributed by atoms with Gasteiger partial charge in [-0.2, -0.15) is 13.2 Å². The molecule has 0 spiro atoms. The van der Waals surface area contributed by atoms with Gasteiger partial charge < -0.3 is 14.8 Å². The summed E-state index contributed by atoms with van der Waals surface area (Å²) in [5.41, 5.74) is 0.0687. The van der Waals surface area contributed by atoms with Crippen LogP contribution in [0.2, 0.25) is 0 Å². The third kappa shape index (κ3) is 4.77. The van der Waals surface area contributed by atoms with E-state index in [1.165, 1.54) is 36.0 Å². The third-order valence-electron chi connectivity index (χ3n) is 3.76. The fourth-order valence-electron chi connectivity index (χ4n) is 2.50. The first-order chi connectivity index (χ1) is 12.9. The van der Waals surface area contributed by atoms with Crippen LogP contribution in [0.5, 0.6) is 11.5 Å². The lowest BCUT2D eigenvalue weighted by atomic mass is 10.1. The Morgan fingerprint density at radius 2 is 1.85 bits per heavy atom. The van der Waals surface area contributed by atoms with Gasteiger partial charge in [0, 0.05) is 17.0 Å². The molecular weight excluding hydrogens is 379 g/mol. The molecule has 2 aromatic carbocycles. The van der Waals surface area contributed by atoms with Gasteiger partial charge in [0.1, 0.15) is 13.2 Å². The molecule has 0 bridgehead atoms. The van der Waals surface area contributed by atoms with Gasteiger partial charge in [-0.3, -0.25) is 4.79 Å². The van der Waals surface area contributed by atoms with Crippen molar-refractivity contribution < 1.29 is 27.4 Å². The van der Waals surface area contributed by atoms with Gasteiger partial charge in [-0.15, -0.1) is 11.8 Å². The van der Waals surface area contributed by atoms with Crippen molar-refractivity contribution in [3.63, 3.8) is 0 Å². The zero-order valence-corrected chi connectivity index (χ0v) is 15.1. The number of alkyl halides is 3. The van der Waals surface area contributed by atoms with Gasteiger partial charge in [-0.05, 0) is 36.1 Å². The van der Waals surface area contributed by atoms with Gasteiger partial charge in [0.15, 0.2) is 11.5 Å². The van der Waals surface area contributed by atoms with Gasteiger partial charge in [-0.1, -0.05) is 12.1 Å². The molecule has 0 fully saturated rings. The molecule has 2 aromatic rings. The number of carbonyl (C=O) groups excluding carboxylic acids is 1. The van der Waals surface area contributed by atoms with E-state index in [-0.39, 0.29) is 5.56 Å².